The molecule has 2 aliphatic rings. The molecule has 4 aromatic rings. The van der Waals surface area contributed by atoms with Gasteiger partial charge < -0.3 is 29.4 Å². The quantitative estimate of drug-likeness (QED) is 0.488. The number of phenolic OH excluding ortho intramolecular Hbond substituents is 1. The lowest BCUT2D eigenvalue weighted by Gasteiger charge is -2.32. The van der Waals surface area contributed by atoms with E-state index in [9.17, 15) is 9.90 Å². The summed E-state index contributed by atoms with van der Waals surface area (Å²) in [5.74, 6) is 2.11. The number of hydrogen-bond donors (Lipinski definition) is 2. The van der Waals surface area contributed by atoms with Gasteiger partial charge >= 0.3 is 0 Å². The average Bonchev–Trinajstić information content (AvgIpc) is 3.50. The summed E-state index contributed by atoms with van der Waals surface area (Å²) in [5.41, 5.74) is 4.55. The van der Waals surface area contributed by atoms with Crippen molar-refractivity contribution in [3.8, 4) is 39.8 Å². The van der Waals surface area contributed by atoms with Crippen LogP contribution in [0.5, 0.6) is 17.2 Å². The number of benzene rings is 3. The molecular formula is C26H24N4O4. The maximum atomic E-state index is 13.0. The Labute approximate surface area is 196 Å². The molecule has 1 fully saturated rings. The first kappa shape index (κ1) is 20.6. The SMILES string of the molecule is CN1CCN(C(=O)c2ccc3[nH]c(-c4cc(-c5ccc6c(c5)OCO6)ccc4O)nc3c2)CC1. The normalized spacial score (nSPS) is 15.7. The van der Waals surface area contributed by atoms with Crippen LogP contribution in [-0.4, -0.2) is 70.8 Å². The molecule has 1 aromatic heterocycles. The van der Waals surface area contributed by atoms with E-state index in [0.717, 1.165) is 48.6 Å². The molecule has 172 valence electrons. The lowest BCUT2D eigenvalue weighted by molar-refractivity contribution is 0.0664. The second-order valence-electron chi connectivity index (χ2n) is 8.71. The molecule has 2 N–H and O–H groups in total. The Morgan fingerprint density at radius 1 is 0.941 bits per heavy atom. The molecule has 0 radical (unpaired) electrons. The van der Waals surface area contributed by atoms with Gasteiger partial charge in [-0.3, -0.25) is 4.79 Å². The lowest BCUT2D eigenvalue weighted by Crippen LogP contribution is -2.47. The van der Waals surface area contributed by atoms with Crippen molar-refractivity contribution < 1.29 is 19.4 Å². The van der Waals surface area contributed by atoms with E-state index in [1.54, 1.807) is 6.07 Å². The van der Waals surface area contributed by atoms with Crippen LogP contribution in [0.15, 0.2) is 54.6 Å². The average molecular weight is 457 g/mol. The zero-order valence-electron chi connectivity index (χ0n) is 18.7. The van der Waals surface area contributed by atoms with E-state index in [1.165, 1.54) is 0 Å². The fourth-order valence-electron chi connectivity index (χ4n) is 4.44. The first-order valence-corrected chi connectivity index (χ1v) is 11.3. The van der Waals surface area contributed by atoms with Crippen molar-refractivity contribution in [2.75, 3.05) is 40.0 Å². The van der Waals surface area contributed by atoms with Gasteiger partial charge in [-0.1, -0.05) is 12.1 Å². The number of nitrogens with one attached hydrogen (secondary N) is 1. The number of carbonyl (C=O) groups is 1. The maximum absolute atomic E-state index is 13.0. The third-order valence-electron chi connectivity index (χ3n) is 6.48. The topological polar surface area (TPSA) is 90.9 Å². The number of carbonyl (C=O) groups excluding carboxylic acids is 1. The monoisotopic (exact) mass is 456 g/mol. The number of ether oxygens (including phenoxy) is 2. The van der Waals surface area contributed by atoms with Crippen LogP contribution in [0.2, 0.25) is 0 Å². The Morgan fingerprint density at radius 2 is 1.71 bits per heavy atom. The molecule has 6 rings (SSSR count). The number of piperazine rings is 1. The molecule has 8 nitrogen and oxygen atoms in total. The van der Waals surface area contributed by atoms with Crippen molar-refractivity contribution in [1.82, 2.24) is 19.8 Å². The number of rotatable bonds is 3. The summed E-state index contributed by atoms with van der Waals surface area (Å²) < 4.78 is 10.9. The minimum Gasteiger partial charge on any atom is -0.507 e. The molecular weight excluding hydrogens is 432 g/mol. The van der Waals surface area contributed by atoms with Crippen LogP contribution in [0.1, 0.15) is 10.4 Å². The van der Waals surface area contributed by atoms with Crippen LogP contribution in [-0.2, 0) is 0 Å². The highest BCUT2D eigenvalue weighted by Gasteiger charge is 2.21. The summed E-state index contributed by atoms with van der Waals surface area (Å²) in [6.45, 7) is 3.41. The fourth-order valence-corrected chi connectivity index (χ4v) is 4.44. The van der Waals surface area contributed by atoms with Crippen LogP contribution in [0.25, 0.3) is 33.5 Å². The summed E-state index contributed by atoms with van der Waals surface area (Å²) in [6.07, 6.45) is 0. The molecule has 0 aliphatic carbocycles. The van der Waals surface area contributed by atoms with E-state index in [1.807, 2.05) is 53.4 Å². The van der Waals surface area contributed by atoms with Gasteiger partial charge in [-0.15, -0.1) is 0 Å². The summed E-state index contributed by atoms with van der Waals surface area (Å²) in [6, 6.07) is 16.7. The molecule has 1 amide bonds. The summed E-state index contributed by atoms with van der Waals surface area (Å²) >= 11 is 0. The number of nitrogens with zero attached hydrogens (tertiary/aromatic N) is 3. The van der Waals surface area contributed by atoms with Gasteiger partial charge in [0, 0.05) is 31.7 Å². The number of aromatic amines is 1. The van der Waals surface area contributed by atoms with Gasteiger partial charge in [0.1, 0.15) is 11.6 Å². The van der Waals surface area contributed by atoms with Gasteiger partial charge in [-0.25, -0.2) is 4.98 Å². The number of phenols is 1. The number of likely N-dealkylation sites (N-methyl/N-ethyl adjacent to an activating group) is 1. The van der Waals surface area contributed by atoms with Gasteiger partial charge in [0.2, 0.25) is 6.79 Å². The largest absolute Gasteiger partial charge is 0.507 e. The second kappa shape index (κ2) is 8.07. The molecule has 2 aliphatic heterocycles. The Hall–Kier alpha value is -4.04. The van der Waals surface area contributed by atoms with Gasteiger partial charge in [-0.05, 0) is 60.6 Å². The van der Waals surface area contributed by atoms with Gasteiger partial charge in [-0.2, -0.15) is 0 Å². The lowest BCUT2D eigenvalue weighted by atomic mass is 10.0. The number of aromatic hydroxyl groups is 1. The summed E-state index contributed by atoms with van der Waals surface area (Å²) in [5, 5.41) is 10.6. The molecule has 34 heavy (non-hydrogen) atoms. The Balaban J connectivity index is 1.32. The second-order valence-corrected chi connectivity index (χ2v) is 8.71. The molecule has 0 saturated carbocycles. The first-order valence-electron chi connectivity index (χ1n) is 11.3. The van der Waals surface area contributed by atoms with Crippen molar-refractivity contribution in [3.05, 3.63) is 60.2 Å². The van der Waals surface area contributed by atoms with E-state index in [4.69, 9.17) is 14.5 Å². The van der Waals surface area contributed by atoms with Crippen LogP contribution in [0.3, 0.4) is 0 Å². The van der Waals surface area contributed by atoms with Gasteiger partial charge in [0.05, 0.1) is 16.6 Å². The van der Waals surface area contributed by atoms with E-state index < -0.39 is 0 Å². The fraction of sp³-hybridized carbons (Fsp3) is 0.231. The Morgan fingerprint density at radius 3 is 2.56 bits per heavy atom. The zero-order valence-corrected chi connectivity index (χ0v) is 18.7. The van der Waals surface area contributed by atoms with Gasteiger partial charge in [0.25, 0.3) is 5.91 Å². The van der Waals surface area contributed by atoms with E-state index in [-0.39, 0.29) is 18.4 Å². The Bertz CT molecular complexity index is 1410. The highest BCUT2D eigenvalue weighted by Crippen LogP contribution is 2.38. The number of aromatic nitrogens is 2. The number of hydrogen-bond acceptors (Lipinski definition) is 6. The van der Waals surface area contributed by atoms with Crippen molar-refractivity contribution in [3.63, 3.8) is 0 Å². The number of H-pyrrole nitrogens is 1. The number of fused-ring (bicyclic) bond motifs is 2. The van der Waals surface area contributed by atoms with E-state index in [2.05, 4.69) is 16.9 Å². The van der Waals surface area contributed by atoms with E-state index >= 15 is 0 Å². The van der Waals surface area contributed by atoms with Crippen molar-refractivity contribution in [2.24, 2.45) is 0 Å². The van der Waals surface area contributed by atoms with Crippen molar-refractivity contribution in [1.29, 1.82) is 0 Å². The van der Waals surface area contributed by atoms with Crippen LogP contribution >= 0.6 is 0 Å². The predicted octanol–water partition coefficient (Wildman–Crippen LogP) is 3.72. The molecule has 3 heterocycles. The van der Waals surface area contributed by atoms with Crippen molar-refractivity contribution in [2.45, 2.75) is 0 Å². The highest BCUT2D eigenvalue weighted by atomic mass is 16.7. The van der Waals surface area contributed by atoms with E-state index in [0.29, 0.717) is 28.2 Å². The molecule has 8 heteroatoms. The number of imidazole rings is 1. The summed E-state index contributed by atoms with van der Waals surface area (Å²) in [4.78, 5) is 25.1. The predicted molar refractivity (Wildman–Crippen MR) is 128 cm³/mol. The van der Waals surface area contributed by atoms with Crippen molar-refractivity contribution >= 4 is 16.9 Å². The smallest absolute Gasteiger partial charge is 0.254 e. The molecule has 0 atom stereocenters. The molecule has 0 unspecified atom stereocenters. The van der Waals surface area contributed by atoms with Crippen LogP contribution < -0.4 is 9.47 Å². The van der Waals surface area contributed by atoms with Crippen LogP contribution in [0, 0.1) is 0 Å². The molecule has 0 spiro atoms. The summed E-state index contributed by atoms with van der Waals surface area (Å²) in [7, 11) is 2.07. The Kier molecular flexibility index (Phi) is 4.88. The number of amides is 1. The maximum Gasteiger partial charge on any atom is 0.254 e. The van der Waals surface area contributed by atoms with Gasteiger partial charge in [0.15, 0.2) is 11.5 Å². The molecule has 3 aromatic carbocycles. The third-order valence-corrected chi connectivity index (χ3v) is 6.48. The molecule has 0 bridgehead atoms. The minimum absolute atomic E-state index is 0.0206. The standard InChI is InChI=1S/C26H24N4O4/c1-29-8-10-30(11-9-29)26(32)18-2-5-20-21(13-18)28-25(27-20)19-12-16(3-6-22(19)31)17-4-7-23-24(14-17)34-15-33-23/h2-7,12-14,31H,8-11,15H2,1H3,(H,27,28). The first-order chi connectivity index (χ1) is 16.5. The minimum atomic E-state index is 0.0206. The highest BCUT2D eigenvalue weighted by molar-refractivity contribution is 5.98. The zero-order chi connectivity index (χ0) is 23.2. The third kappa shape index (κ3) is 3.62. The molecule has 1 saturated heterocycles. The van der Waals surface area contributed by atoms with Crippen LogP contribution in [0.4, 0.5) is 0 Å².